The van der Waals surface area contributed by atoms with E-state index in [4.69, 9.17) is 0 Å². The van der Waals surface area contributed by atoms with Gasteiger partial charge in [-0.2, -0.15) is 5.10 Å². The summed E-state index contributed by atoms with van der Waals surface area (Å²) < 4.78 is 0. The summed E-state index contributed by atoms with van der Waals surface area (Å²) >= 11 is 0. The van der Waals surface area contributed by atoms with Crippen LogP contribution >= 0.6 is 0 Å². The van der Waals surface area contributed by atoms with Crippen molar-refractivity contribution in [3.63, 3.8) is 0 Å². The van der Waals surface area contributed by atoms with Crippen molar-refractivity contribution >= 4 is 5.91 Å². The SMILES string of the molecule is Cc1ccccc1[C@H]1[C@H]2CNC[C@H]2CN1C(=O)c1n[nH]c2c1CCC2. The third-order valence-electron chi connectivity index (χ3n) is 6.34. The fourth-order valence-corrected chi connectivity index (χ4v) is 5.08. The zero-order valence-electron chi connectivity index (χ0n) is 14.6. The summed E-state index contributed by atoms with van der Waals surface area (Å²) in [5.74, 6) is 1.15. The van der Waals surface area contributed by atoms with Gasteiger partial charge >= 0.3 is 0 Å². The molecule has 25 heavy (non-hydrogen) atoms. The molecule has 2 saturated heterocycles. The van der Waals surface area contributed by atoms with E-state index in [1.165, 1.54) is 11.1 Å². The Hall–Kier alpha value is -2.14. The normalized spacial score (nSPS) is 27.6. The van der Waals surface area contributed by atoms with Gasteiger partial charge in [-0.05, 0) is 43.2 Å². The fraction of sp³-hybridized carbons (Fsp3) is 0.500. The second-order valence-electron chi connectivity index (χ2n) is 7.72. The van der Waals surface area contributed by atoms with Crippen molar-refractivity contribution in [2.24, 2.45) is 11.8 Å². The number of fused-ring (bicyclic) bond motifs is 2. The minimum atomic E-state index is 0.113. The summed E-state index contributed by atoms with van der Waals surface area (Å²) in [5, 5.41) is 11.0. The molecule has 130 valence electrons. The number of likely N-dealkylation sites (tertiary alicyclic amines) is 1. The number of aromatic amines is 1. The van der Waals surface area contributed by atoms with Crippen LogP contribution in [0.2, 0.25) is 0 Å². The molecule has 0 unspecified atom stereocenters. The number of H-pyrrole nitrogens is 1. The van der Waals surface area contributed by atoms with Gasteiger partial charge in [0.15, 0.2) is 5.69 Å². The second-order valence-corrected chi connectivity index (χ2v) is 7.72. The van der Waals surface area contributed by atoms with Gasteiger partial charge in [0.1, 0.15) is 0 Å². The van der Waals surface area contributed by atoms with E-state index in [0.29, 0.717) is 17.5 Å². The van der Waals surface area contributed by atoms with E-state index in [1.807, 2.05) is 0 Å². The number of hydrogen-bond donors (Lipinski definition) is 2. The summed E-state index contributed by atoms with van der Waals surface area (Å²) in [6.45, 7) is 4.98. The van der Waals surface area contributed by atoms with Gasteiger partial charge in [0.05, 0.1) is 6.04 Å². The van der Waals surface area contributed by atoms with Gasteiger partial charge in [0, 0.05) is 36.8 Å². The highest BCUT2D eigenvalue weighted by Gasteiger charge is 2.48. The van der Waals surface area contributed by atoms with Crippen molar-refractivity contribution in [3.8, 4) is 0 Å². The lowest BCUT2D eigenvalue weighted by Gasteiger charge is -2.29. The highest BCUT2D eigenvalue weighted by Crippen LogP contribution is 2.44. The monoisotopic (exact) mass is 336 g/mol. The predicted molar refractivity (Wildman–Crippen MR) is 95.4 cm³/mol. The number of nitrogens with zero attached hydrogens (tertiary/aromatic N) is 2. The van der Waals surface area contributed by atoms with E-state index in [9.17, 15) is 4.79 Å². The molecule has 2 fully saturated rings. The Morgan fingerprint density at radius 2 is 2.12 bits per heavy atom. The first-order valence-corrected chi connectivity index (χ1v) is 9.37. The van der Waals surface area contributed by atoms with Gasteiger partial charge in [0.25, 0.3) is 5.91 Å². The van der Waals surface area contributed by atoms with Crippen molar-refractivity contribution in [1.29, 1.82) is 0 Å². The van der Waals surface area contributed by atoms with E-state index >= 15 is 0 Å². The number of hydrogen-bond acceptors (Lipinski definition) is 3. The molecular formula is C20H24N4O. The van der Waals surface area contributed by atoms with Crippen molar-refractivity contribution in [2.45, 2.75) is 32.2 Å². The molecule has 5 heteroatoms. The minimum Gasteiger partial charge on any atom is -0.330 e. The first-order valence-electron chi connectivity index (χ1n) is 9.37. The number of carbonyl (C=O) groups excluding carboxylic acids is 1. The maximum atomic E-state index is 13.4. The molecule has 5 rings (SSSR count). The van der Waals surface area contributed by atoms with Crippen LogP contribution in [-0.4, -0.2) is 40.6 Å². The van der Waals surface area contributed by atoms with Crippen LogP contribution in [0.3, 0.4) is 0 Å². The Bertz CT molecular complexity index is 827. The molecule has 3 aliphatic rings. The Balaban J connectivity index is 1.54. The Morgan fingerprint density at radius 1 is 1.24 bits per heavy atom. The average molecular weight is 336 g/mol. The van der Waals surface area contributed by atoms with Crippen LogP contribution < -0.4 is 5.32 Å². The van der Waals surface area contributed by atoms with Crippen molar-refractivity contribution in [2.75, 3.05) is 19.6 Å². The van der Waals surface area contributed by atoms with Gasteiger partial charge in [-0.3, -0.25) is 9.89 Å². The van der Waals surface area contributed by atoms with Crippen LogP contribution in [0.4, 0.5) is 0 Å². The molecule has 0 saturated carbocycles. The van der Waals surface area contributed by atoms with E-state index in [2.05, 4.69) is 51.6 Å². The molecule has 2 N–H and O–H groups in total. The maximum Gasteiger partial charge on any atom is 0.275 e. The Morgan fingerprint density at radius 3 is 3.00 bits per heavy atom. The number of rotatable bonds is 2. The summed E-state index contributed by atoms with van der Waals surface area (Å²) in [6, 6.07) is 8.66. The second kappa shape index (κ2) is 5.70. The number of benzene rings is 1. The van der Waals surface area contributed by atoms with Gasteiger partial charge in [0.2, 0.25) is 0 Å². The molecule has 1 aromatic carbocycles. The minimum absolute atomic E-state index is 0.113. The van der Waals surface area contributed by atoms with Crippen LogP contribution in [0.5, 0.6) is 0 Å². The average Bonchev–Trinajstić information content (AvgIpc) is 3.35. The number of amides is 1. The third-order valence-corrected chi connectivity index (χ3v) is 6.34. The largest absolute Gasteiger partial charge is 0.330 e. The Labute approximate surface area is 147 Å². The quantitative estimate of drug-likeness (QED) is 0.884. The zero-order valence-corrected chi connectivity index (χ0v) is 14.6. The lowest BCUT2D eigenvalue weighted by atomic mass is 9.87. The predicted octanol–water partition coefficient (Wildman–Crippen LogP) is 2.24. The van der Waals surface area contributed by atoms with E-state index in [-0.39, 0.29) is 11.9 Å². The van der Waals surface area contributed by atoms with Crippen molar-refractivity contribution in [1.82, 2.24) is 20.4 Å². The van der Waals surface area contributed by atoms with E-state index < -0.39 is 0 Å². The van der Waals surface area contributed by atoms with Gasteiger partial charge < -0.3 is 10.2 Å². The van der Waals surface area contributed by atoms with Gasteiger partial charge in [-0.25, -0.2) is 0 Å². The first kappa shape index (κ1) is 15.1. The molecule has 0 bridgehead atoms. The molecule has 0 radical (unpaired) electrons. The highest BCUT2D eigenvalue weighted by atomic mass is 16.2. The number of aryl methyl sites for hydroxylation is 2. The van der Waals surface area contributed by atoms with Crippen LogP contribution in [-0.2, 0) is 12.8 Å². The molecule has 2 aliphatic heterocycles. The fourth-order valence-electron chi connectivity index (χ4n) is 5.08. The van der Waals surface area contributed by atoms with Gasteiger partial charge in [-0.1, -0.05) is 24.3 Å². The summed E-state index contributed by atoms with van der Waals surface area (Å²) in [5.41, 5.74) is 5.55. The lowest BCUT2D eigenvalue weighted by Crippen LogP contribution is -2.35. The van der Waals surface area contributed by atoms with Crippen LogP contribution in [0.15, 0.2) is 24.3 Å². The third kappa shape index (κ3) is 2.25. The molecular weight excluding hydrogens is 312 g/mol. The van der Waals surface area contributed by atoms with E-state index in [0.717, 1.165) is 50.2 Å². The topological polar surface area (TPSA) is 61.0 Å². The molecule has 5 nitrogen and oxygen atoms in total. The molecule has 3 atom stereocenters. The molecule has 3 heterocycles. The highest BCUT2D eigenvalue weighted by molar-refractivity contribution is 5.94. The number of nitrogens with one attached hydrogen (secondary N) is 2. The van der Waals surface area contributed by atoms with Crippen molar-refractivity contribution < 1.29 is 4.79 Å². The molecule has 0 spiro atoms. The van der Waals surface area contributed by atoms with E-state index in [1.54, 1.807) is 0 Å². The maximum absolute atomic E-state index is 13.4. The summed E-state index contributed by atoms with van der Waals surface area (Å²) in [4.78, 5) is 15.5. The van der Waals surface area contributed by atoms with Crippen LogP contribution in [0.25, 0.3) is 0 Å². The lowest BCUT2D eigenvalue weighted by molar-refractivity contribution is 0.0706. The smallest absolute Gasteiger partial charge is 0.275 e. The van der Waals surface area contributed by atoms with Crippen molar-refractivity contribution in [3.05, 3.63) is 52.3 Å². The van der Waals surface area contributed by atoms with Crippen LogP contribution in [0, 0.1) is 18.8 Å². The summed E-state index contributed by atoms with van der Waals surface area (Å²) in [6.07, 6.45) is 3.12. The molecule has 1 amide bonds. The number of carbonyl (C=O) groups is 1. The van der Waals surface area contributed by atoms with Crippen LogP contribution in [0.1, 0.15) is 45.3 Å². The van der Waals surface area contributed by atoms with Gasteiger partial charge in [-0.15, -0.1) is 0 Å². The first-order chi connectivity index (χ1) is 12.2. The molecule has 1 aromatic heterocycles. The molecule has 1 aliphatic carbocycles. The standard InChI is InChI=1S/C20H24N4O/c1-12-5-2-3-6-14(12)19-16-10-21-9-13(16)11-24(19)20(25)18-15-7-4-8-17(15)22-23-18/h2-3,5-6,13,16,19,21H,4,7-11H2,1H3,(H,22,23)/t13-,16-,19-/m0/s1. The molecule has 2 aromatic rings. The zero-order chi connectivity index (χ0) is 17.0. The Kier molecular flexibility index (Phi) is 3.45. The summed E-state index contributed by atoms with van der Waals surface area (Å²) in [7, 11) is 0. The number of aromatic nitrogens is 2.